The molecule has 0 rings (SSSR count). The predicted molar refractivity (Wildman–Crippen MR) is 242 cm³/mol. The zero-order valence-electron chi connectivity index (χ0n) is 36.9. The minimum Gasteiger partial charge on any atom is -0.462 e. The molecular weight excluding hydrogens is 693 g/mol. The first kappa shape index (κ1) is 53.3. The maximum atomic E-state index is 12.5. The number of carbonyl (C=O) groups is 2. The van der Waals surface area contributed by atoms with Crippen molar-refractivity contribution < 1.29 is 23.8 Å². The molecule has 0 saturated carbocycles. The van der Waals surface area contributed by atoms with Crippen molar-refractivity contribution in [2.75, 3.05) is 19.8 Å². The molecule has 0 N–H and O–H groups in total. The number of ether oxygens (including phenoxy) is 3. The van der Waals surface area contributed by atoms with Crippen LogP contribution in [0.25, 0.3) is 0 Å². The van der Waals surface area contributed by atoms with Crippen LogP contribution in [0.3, 0.4) is 0 Å². The SMILES string of the molecule is CC/C=C\C/C=C\C/C=C\C/C=C\C/C=C\CCCC(=O)OCC(COCCCCCCCCCC/C=C\CCCCCCCC)OC(=O)CCCCCCC. The van der Waals surface area contributed by atoms with E-state index in [1.54, 1.807) is 0 Å². The molecule has 1 unspecified atom stereocenters. The van der Waals surface area contributed by atoms with Crippen LogP contribution in [0.4, 0.5) is 0 Å². The van der Waals surface area contributed by atoms with E-state index in [1.807, 2.05) is 0 Å². The first-order valence-electron chi connectivity index (χ1n) is 23.5. The molecule has 56 heavy (non-hydrogen) atoms. The van der Waals surface area contributed by atoms with Crippen molar-refractivity contribution in [3.63, 3.8) is 0 Å². The van der Waals surface area contributed by atoms with Crippen LogP contribution < -0.4 is 0 Å². The van der Waals surface area contributed by atoms with Crippen LogP contribution in [0.15, 0.2) is 72.9 Å². The Labute approximate surface area is 347 Å². The molecule has 322 valence electrons. The summed E-state index contributed by atoms with van der Waals surface area (Å²) in [4.78, 5) is 25.0. The highest BCUT2D eigenvalue weighted by Gasteiger charge is 2.17. The second kappa shape index (κ2) is 46.7. The molecule has 0 aromatic heterocycles. The first-order chi connectivity index (χ1) is 27.6. The van der Waals surface area contributed by atoms with Crippen LogP contribution in [0.2, 0.25) is 0 Å². The van der Waals surface area contributed by atoms with Crippen molar-refractivity contribution in [1.82, 2.24) is 0 Å². The Morgan fingerprint density at radius 3 is 1.36 bits per heavy atom. The Bertz CT molecular complexity index is 1020. The average molecular weight is 781 g/mol. The van der Waals surface area contributed by atoms with Crippen LogP contribution in [0.5, 0.6) is 0 Å². The third-order valence-corrected chi connectivity index (χ3v) is 9.73. The summed E-state index contributed by atoms with van der Waals surface area (Å²) >= 11 is 0. The van der Waals surface area contributed by atoms with Gasteiger partial charge in [0.1, 0.15) is 6.61 Å². The second-order valence-corrected chi connectivity index (χ2v) is 15.3. The van der Waals surface area contributed by atoms with Crippen molar-refractivity contribution >= 4 is 11.9 Å². The molecule has 0 radical (unpaired) electrons. The topological polar surface area (TPSA) is 61.8 Å². The first-order valence-corrected chi connectivity index (χ1v) is 23.5. The van der Waals surface area contributed by atoms with Gasteiger partial charge >= 0.3 is 11.9 Å². The molecule has 0 aliphatic rings. The van der Waals surface area contributed by atoms with E-state index in [-0.39, 0.29) is 25.2 Å². The summed E-state index contributed by atoms with van der Waals surface area (Å²) in [6.45, 7) is 7.57. The molecule has 0 heterocycles. The van der Waals surface area contributed by atoms with Gasteiger partial charge < -0.3 is 14.2 Å². The Morgan fingerprint density at radius 1 is 0.411 bits per heavy atom. The van der Waals surface area contributed by atoms with Crippen molar-refractivity contribution in [2.45, 2.75) is 219 Å². The third kappa shape index (κ3) is 44.1. The second-order valence-electron chi connectivity index (χ2n) is 15.3. The Balaban J connectivity index is 4.14. The van der Waals surface area contributed by atoms with Gasteiger partial charge in [0.2, 0.25) is 0 Å². The molecule has 0 spiro atoms. The minimum absolute atomic E-state index is 0.0526. The monoisotopic (exact) mass is 781 g/mol. The number of hydrogen-bond acceptors (Lipinski definition) is 5. The van der Waals surface area contributed by atoms with Gasteiger partial charge in [-0.05, 0) is 83.5 Å². The Morgan fingerprint density at radius 2 is 0.821 bits per heavy atom. The van der Waals surface area contributed by atoms with E-state index in [9.17, 15) is 9.59 Å². The normalized spacial score (nSPS) is 12.8. The highest BCUT2D eigenvalue weighted by atomic mass is 16.6. The van der Waals surface area contributed by atoms with E-state index in [2.05, 4.69) is 93.7 Å². The Kier molecular flexibility index (Phi) is 44.5. The zero-order valence-corrected chi connectivity index (χ0v) is 36.9. The predicted octanol–water partition coefficient (Wildman–Crippen LogP) is 15.6. The van der Waals surface area contributed by atoms with Gasteiger partial charge in [0.25, 0.3) is 0 Å². The van der Waals surface area contributed by atoms with Gasteiger partial charge in [-0.1, -0.05) is 190 Å². The number of unbranched alkanes of at least 4 members (excludes halogenated alkanes) is 19. The van der Waals surface area contributed by atoms with E-state index in [4.69, 9.17) is 14.2 Å². The molecule has 0 fully saturated rings. The van der Waals surface area contributed by atoms with Crippen molar-refractivity contribution in [1.29, 1.82) is 0 Å². The van der Waals surface area contributed by atoms with Gasteiger partial charge in [0.15, 0.2) is 6.10 Å². The molecular formula is C51H88O5. The summed E-state index contributed by atoms with van der Waals surface area (Å²) < 4.78 is 17.2. The lowest BCUT2D eigenvalue weighted by Gasteiger charge is -2.18. The van der Waals surface area contributed by atoms with Crippen molar-refractivity contribution in [3.05, 3.63) is 72.9 Å². The maximum Gasteiger partial charge on any atom is 0.306 e. The number of allylic oxidation sites excluding steroid dienone is 12. The van der Waals surface area contributed by atoms with E-state index in [0.717, 1.165) is 77.0 Å². The summed E-state index contributed by atoms with van der Waals surface area (Å²) in [5.41, 5.74) is 0. The van der Waals surface area contributed by atoms with Crippen LogP contribution >= 0.6 is 0 Å². The minimum atomic E-state index is -0.557. The summed E-state index contributed by atoms with van der Waals surface area (Å²) in [7, 11) is 0. The van der Waals surface area contributed by atoms with E-state index < -0.39 is 6.10 Å². The molecule has 0 aliphatic carbocycles. The fourth-order valence-electron chi connectivity index (χ4n) is 6.24. The van der Waals surface area contributed by atoms with Gasteiger partial charge in [-0.3, -0.25) is 9.59 Å². The molecule has 0 aliphatic heterocycles. The molecule has 0 amide bonds. The number of carbonyl (C=O) groups excluding carboxylic acids is 2. The van der Waals surface area contributed by atoms with Gasteiger partial charge in [-0.2, -0.15) is 0 Å². The third-order valence-electron chi connectivity index (χ3n) is 9.73. The summed E-state index contributed by atoms with van der Waals surface area (Å²) in [6, 6.07) is 0. The number of hydrogen-bond donors (Lipinski definition) is 0. The molecule has 0 saturated heterocycles. The molecule has 5 heteroatoms. The lowest BCUT2D eigenvalue weighted by atomic mass is 10.1. The van der Waals surface area contributed by atoms with E-state index in [1.165, 1.54) is 103 Å². The molecule has 5 nitrogen and oxygen atoms in total. The smallest absolute Gasteiger partial charge is 0.306 e. The lowest BCUT2D eigenvalue weighted by molar-refractivity contribution is -0.163. The highest BCUT2D eigenvalue weighted by Crippen LogP contribution is 2.13. The maximum absolute atomic E-state index is 12.5. The van der Waals surface area contributed by atoms with Crippen LogP contribution in [-0.4, -0.2) is 37.9 Å². The van der Waals surface area contributed by atoms with Gasteiger partial charge in [0, 0.05) is 19.4 Å². The largest absolute Gasteiger partial charge is 0.462 e. The fraction of sp³-hybridized carbons (Fsp3) is 0.725. The molecule has 0 bridgehead atoms. The van der Waals surface area contributed by atoms with Crippen molar-refractivity contribution in [3.8, 4) is 0 Å². The summed E-state index contributed by atoms with van der Waals surface area (Å²) in [5, 5.41) is 0. The number of rotatable bonds is 42. The number of esters is 2. The molecule has 1 atom stereocenters. The molecule has 0 aromatic rings. The zero-order chi connectivity index (χ0) is 40.7. The highest BCUT2D eigenvalue weighted by molar-refractivity contribution is 5.70. The average Bonchev–Trinajstić information content (AvgIpc) is 3.20. The van der Waals surface area contributed by atoms with E-state index in [0.29, 0.717) is 19.4 Å². The van der Waals surface area contributed by atoms with Crippen LogP contribution in [-0.2, 0) is 23.8 Å². The lowest BCUT2D eigenvalue weighted by Crippen LogP contribution is -2.30. The quantitative estimate of drug-likeness (QED) is 0.0351. The Hall–Kier alpha value is -2.66. The summed E-state index contributed by atoms with van der Waals surface area (Å²) in [6.07, 6.45) is 59.4. The summed E-state index contributed by atoms with van der Waals surface area (Å²) in [5.74, 6) is -0.480. The fourth-order valence-corrected chi connectivity index (χ4v) is 6.24. The van der Waals surface area contributed by atoms with Gasteiger partial charge in [0.05, 0.1) is 6.61 Å². The standard InChI is InChI=1S/C51H88O5/c1-4-7-10-13-15-17-19-21-23-25-27-29-31-33-35-37-40-43-46-54-47-49(56-51(53)45-42-38-12-9-6-3)48-55-50(52)44-41-39-36-34-32-30-28-26-24-22-20-18-16-14-11-8-5-2/h8,11,16,18,21-24,28,30,34,36,49H,4-7,9-10,12-15,17,19-20,25-27,29,31-33,35,37-48H2,1-3H3/b11-8-,18-16-,23-21-,24-22-,30-28-,36-34-. The van der Waals surface area contributed by atoms with Crippen LogP contribution in [0.1, 0.15) is 213 Å². The van der Waals surface area contributed by atoms with Crippen molar-refractivity contribution in [2.24, 2.45) is 0 Å². The van der Waals surface area contributed by atoms with Crippen LogP contribution in [0, 0.1) is 0 Å². The van der Waals surface area contributed by atoms with Gasteiger partial charge in [-0.15, -0.1) is 0 Å². The van der Waals surface area contributed by atoms with E-state index >= 15 is 0 Å². The van der Waals surface area contributed by atoms with Gasteiger partial charge in [-0.25, -0.2) is 0 Å². The molecule has 0 aromatic carbocycles.